The number of piperazine rings is 1. The number of benzene rings is 1. The van der Waals surface area contributed by atoms with Gasteiger partial charge in [0.15, 0.2) is 5.01 Å². The van der Waals surface area contributed by atoms with E-state index in [1.807, 2.05) is 30.3 Å². The van der Waals surface area contributed by atoms with Crippen molar-refractivity contribution < 1.29 is 29.0 Å². The van der Waals surface area contributed by atoms with Gasteiger partial charge in [-0.05, 0) is 43.1 Å². The molecular weight excluding hydrogens is 552 g/mol. The molecule has 1 aliphatic rings. The Kier molecular flexibility index (Phi) is 9.07. The summed E-state index contributed by atoms with van der Waals surface area (Å²) in [5.74, 6) is -1.39. The van der Waals surface area contributed by atoms with Crippen LogP contribution in [0, 0.1) is 0 Å². The number of carboxylic acid groups (broad SMARTS) is 1. The molecule has 1 aromatic carbocycles. The van der Waals surface area contributed by atoms with Crippen molar-refractivity contribution in [2.45, 2.75) is 45.3 Å². The van der Waals surface area contributed by atoms with Gasteiger partial charge in [0.2, 0.25) is 5.91 Å². The van der Waals surface area contributed by atoms with Gasteiger partial charge in [0, 0.05) is 38.2 Å². The minimum absolute atomic E-state index is 0.0384. The second-order valence-corrected chi connectivity index (χ2v) is 11.6. The van der Waals surface area contributed by atoms with E-state index in [-0.39, 0.29) is 49.9 Å². The predicted molar refractivity (Wildman–Crippen MR) is 138 cm³/mol. The maximum atomic E-state index is 13.3. The van der Waals surface area contributed by atoms with E-state index in [1.54, 1.807) is 20.8 Å². The second-order valence-electron chi connectivity index (χ2n) is 9.25. The summed E-state index contributed by atoms with van der Waals surface area (Å²) >= 11 is 4.61. The number of ether oxygens (including phenoxy) is 1. The Morgan fingerprint density at radius 3 is 2.31 bits per heavy atom. The summed E-state index contributed by atoms with van der Waals surface area (Å²) in [6.07, 6.45) is -1.07. The number of hydrogen-bond acceptors (Lipinski definition) is 7. The average molecular weight is 581 g/mol. The summed E-state index contributed by atoms with van der Waals surface area (Å²) in [6.45, 7) is 6.00. The zero-order chi connectivity index (χ0) is 26.5. The summed E-state index contributed by atoms with van der Waals surface area (Å²) in [6, 6.07) is 8.39. The molecule has 0 unspecified atom stereocenters. The van der Waals surface area contributed by atoms with Gasteiger partial charge in [-0.25, -0.2) is 9.78 Å². The third-order valence-corrected chi connectivity index (χ3v) is 7.05. The first kappa shape index (κ1) is 27.6. The van der Waals surface area contributed by atoms with E-state index in [2.05, 4.69) is 26.2 Å². The molecule has 10 nitrogen and oxygen atoms in total. The van der Waals surface area contributed by atoms with Gasteiger partial charge < -0.3 is 25.0 Å². The van der Waals surface area contributed by atoms with Gasteiger partial charge in [0.1, 0.15) is 11.6 Å². The van der Waals surface area contributed by atoms with Gasteiger partial charge >= 0.3 is 12.1 Å². The Morgan fingerprint density at radius 2 is 1.72 bits per heavy atom. The normalized spacial score (nSPS) is 14.8. The first-order chi connectivity index (χ1) is 16.9. The molecule has 2 N–H and O–H groups in total. The van der Waals surface area contributed by atoms with Crippen molar-refractivity contribution in [3.63, 3.8) is 0 Å². The van der Waals surface area contributed by atoms with E-state index in [0.717, 1.165) is 16.9 Å². The maximum absolute atomic E-state index is 13.3. The van der Waals surface area contributed by atoms with Crippen LogP contribution in [0.3, 0.4) is 0 Å². The summed E-state index contributed by atoms with van der Waals surface area (Å²) < 4.78 is 6.03. The van der Waals surface area contributed by atoms with Crippen LogP contribution in [0.5, 0.6) is 0 Å². The van der Waals surface area contributed by atoms with Gasteiger partial charge in [0.25, 0.3) is 5.91 Å². The van der Waals surface area contributed by atoms with Crippen LogP contribution in [0.4, 0.5) is 4.79 Å². The first-order valence-corrected chi connectivity index (χ1v) is 13.1. The molecule has 1 saturated heterocycles. The zero-order valence-corrected chi connectivity index (χ0v) is 22.7. The van der Waals surface area contributed by atoms with Gasteiger partial charge in [-0.3, -0.25) is 14.4 Å². The third-order valence-electron chi connectivity index (χ3n) is 5.35. The lowest BCUT2D eigenvalue weighted by molar-refractivity contribution is -0.155. The molecule has 1 fully saturated rings. The number of carbonyl (C=O) groups is 4. The minimum atomic E-state index is -1.04. The number of nitrogens with one attached hydrogen (secondary N) is 1. The van der Waals surface area contributed by atoms with E-state index >= 15 is 0 Å². The number of nitrogens with zero attached hydrogens (tertiary/aromatic N) is 3. The number of aromatic nitrogens is 1. The lowest BCUT2D eigenvalue weighted by Gasteiger charge is -2.35. The van der Waals surface area contributed by atoms with E-state index < -0.39 is 29.6 Å². The van der Waals surface area contributed by atoms with E-state index in [9.17, 15) is 19.2 Å². The van der Waals surface area contributed by atoms with Gasteiger partial charge in [-0.15, -0.1) is 11.3 Å². The van der Waals surface area contributed by atoms with Crippen molar-refractivity contribution in [3.05, 3.63) is 39.1 Å². The van der Waals surface area contributed by atoms with E-state index in [1.165, 1.54) is 9.80 Å². The molecule has 0 saturated carbocycles. The highest BCUT2D eigenvalue weighted by Gasteiger charge is 2.32. The molecule has 2 heterocycles. The lowest BCUT2D eigenvalue weighted by Crippen LogP contribution is -2.55. The standard InChI is InChI=1S/C24H29BrN4O6S/c1-24(2,3)35-17(30)10-9-16(22(32)28-11-13-29(14-12-28)23(33)34)26-20(31)21-27-18(19(25)36-21)15-7-5-4-6-8-15/h4-8,16H,9-14H2,1-3H3,(H,26,31)(H,33,34)/t16-/m0/s1. The van der Waals surface area contributed by atoms with Crippen LogP contribution < -0.4 is 5.32 Å². The minimum Gasteiger partial charge on any atom is -0.465 e. The van der Waals surface area contributed by atoms with Crippen LogP contribution in [-0.4, -0.2) is 81.6 Å². The Bertz CT molecular complexity index is 1110. The van der Waals surface area contributed by atoms with Crippen LogP contribution in [0.25, 0.3) is 11.3 Å². The van der Waals surface area contributed by atoms with E-state index in [0.29, 0.717) is 9.48 Å². The Balaban J connectivity index is 1.74. The van der Waals surface area contributed by atoms with Crippen LogP contribution in [0.1, 0.15) is 43.4 Å². The molecule has 1 atom stereocenters. The number of amides is 3. The summed E-state index contributed by atoms with van der Waals surface area (Å²) in [5.41, 5.74) is 0.786. The highest BCUT2D eigenvalue weighted by molar-refractivity contribution is 9.11. The molecule has 1 aromatic heterocycles. The predicted octanol–water partition coefficient (Wildman–Crippen LogP) is 3.62. The van der Waals surface area contributed by atoms with Crippen molar-refractivity contribution in [1.82, 2.24) is 20.1 Å². The molecule has 12 heteroatoms. The van der Waals surface area contributed by atoms with Crippen LogP contribution in [0.2, 0.25) is 0 Å². The number of halogens is 1. The molecule has 2 aromatic rings. The van der Waals surface area contributed by atoms with Crippen LogP contribution in [-0.2, 0) is 14.3 Å². The average Bonchev–Trinajstić information content (AvgIpc) is 3.22. The molecule has 0 radical (unpaired) electrons. The second kappa shape index (κ2) is 11.8. The number of thiazole rings is 1. The first-order valence-electron chi connectivity index (χ1n) is 11.5. The fourth-order valence-electron chi connectivity index (χ4n) is 3.64. The molecule has 194 valence electrons. The fraction of sp³-hybridized carbons (Fsp3) is 0.458. The van der Waals surface area contributed by atoms with Crippen molar-refractivity contribution in [1.29, 1.82) is 0 Å². The largest absolute Gasteiger partial charge is 0.465 e. The lowest BCUT2D eigenvalue weighted by atomic mass is 10.1. The Labute approximate surface area is 221 Å². The smallest absolute Gasteiger partial charge is 0.407 e. The van der Waals surface area contributed by atoms with Gasteiger partial charge in [-0.1, -0.05) is 30.3 Å². The number of hydrogen-bond donors (Lipinski definition) is 2. The number of esters is 1. The van der Waals surface area contributed by atoms with Crippen LogP contribution >= 0.6 is 27.3 Å². The molecule has 1 aliphatic heterocycles. The molecular formula is C24H29BrN4O6S. The van der Waals surface area contributed by atoms with Crippen LogP contribution in [0.15, 0.2) is 34.1 Å². The van der Waals surface area contributed by atoms with Crippen molar-refractivity contribution in [2.24, 2.45) is 0 Å². The summed E-state index contributed by atoms with van der Waals surface area (Å²) in [4.78, 5) is 57.1. The highest BCUT2D eigenvalue weighted by Crippen LogP contribution is 2.33. The van der Waals surface area contributed by atoms with E-state index in [4.69, 9.17) is 9.84 Å². The summed E-state index contributed by atoms with van der Waals surface area (Å²) in [5, 5.41) is 12.1. The monoisotopic (exact) mass is 580 g/mol. The zero-order valence-electron chi connectivity index (χ0n) is 20.3. The molecule has 36 heavy (non-hydrogen) atoms. The SMILES string of the molecule is CC(C)(C)OC(=O)CC[C@H](NC(=O)c1nc(-c2ccccc2)c(Br)s1)C(=O)N1CCN(C(=O)O)CC1. The topological polar surface area (TPSA) is 129 Å². The Morgan fingerprint density at radius 1 is 1.11 bits per heavy atom. The van der Waals surface area contributed by atoms with Gasteiger partial charge in [0.05, 0.1) is 9.48 Å². The molecule has 0 bridgehead atoms. The van der Waals surface area contributed by atoms with Crippen molar-refractivity contribution in [2.75, 3.05) is 26.2 Å². The fourth-order valence-corrected chi connectivity index (χ4v) is 5.14. The number of rotatable bonds is 7. The molecule has 3 rings (SSSR count). The quantitative estimate of drug-likeness (QED) is 0.478. The van der Waals surface area contributed by atoms with Crippen molar-refractivity contribution >= 4 is 51.1 Å². The highest BCUT2D eigenvalue weighted by atomic mass is 79.9. The molecule has 0 spiro atoms. The Hall–Kier alpha value is -2.99. The molecule has 0 aliphatic carbocycles. The van der Waals surface area contributed by atoms with Crippen molar-refractivity contribution in [3.8, 4) is 11.3 Å². The maximum Gasteiger partial charge on any atom is 0.407 e. The number of carbonyl (C=O) groups excluding carboxylic acids is 3. The summed E-state index contributed by atoms with van der Waals surface area (Å²) in [7, 11) is 0. The molecule has 3 amide bonds. The van der Waals surface area contributed by atoms with Gasteiger partial charge in [-0.2, -0.15) is 0 Å². The third kappa shape index (κ3) is 7.50.